The number of nitrogens with one attached hydrogen (secondary N) is 1. The van der Waals surface area contributed by atoms with Gasteiger partial charge in [-0.15, -0.1) is 0 Å². The number of rotatable bonds is 7. The number of ether oxygens (including phenoxy) is 2. The summed E-state index contributed by atoms with van der Waals surface area (Å²) in [6, 6.07) is 21.1. The highest BCUT2D eigenvalue weighted by Crippen LogP contribution is 2.43. The average molecular weight is 585 g/mol. The van der Waals surface area contributed by atoms with E-state index in [1.54, 1.807) is 49.4 Å². The number of carbonyl (C=O) groups is 3. The third-order valence-corrected chi connectivity index (χ3v) is 9.07. The molecule has 212 valence electrons. The highest BCUT2D eigenvalue weighted by molar-refractivity contribution is 7.91. The van der Waals surface area contributed by atoms with E-state index in [4.69, 9.17) is 9.47 Å². The van der Waals surface area contributed by atoms with E-state index >= 15 is 0 Å². The molecule has 6 rings (SSSR count). The van der Waals surface area contributed by atoms with Crippen LogP contribution in [0.25, 0.3) is 11.1 Å². The first-order valence-corrected chi connectivity index (χ1v) is 14.6. The van der Waals surface area contributed by atoms with Crippen molar-refractivity contribution in [1.29, 1.82) is 0 Å². The molecule has 2 aliphatic heterocycles. The van der Waals surface area contributed by atoms with Crippen LogP contribution in [0.15, 0.2) is 83.8 Å². The van der Waals surface area contributed by atoms with Crippen molar-refractivity contribution in [1.82, 2.24) is 0 Å². The summed E-state index contributed by atoms with van der Waals surface area (Å²) >= 11 is 0. The van der Waals surface area contributed by atoms with Crippen LogP contribution in [0.2, 0.25) is 0 Å². The fourth-order valence-corrected chi connectivity index (χ4v) is 5.92. The highest BCUT2D eigenvalue weighted by Gasteiger charge is 2.39. The number of imide groups is 1. The first-order chi connectivity index (χ1) is 20.1. The zero-order valence-electron chi connectivity index (χ0n) is 22.5. The number of carbonyl (C=O) groups excluding carboxylic acids is 2. The van der Waals surface area contributed by atoms with Gasteiger partial charge in [-0.3, -0.25) is 9.59 Å². The lowest BCUT2D eigenvalue weighted by atomic mass is 10.0. The molecule has 0 saturated heterocycles. The van der Waals surface area contributed by atoms with Crippen LogP contribution in [-0.2, 0) is 9.84 Å². The molecule has 0 saturated carbocycles. The second kappa shape index (κ2) is 10.0. The van der Waals surface area contributed by atoms with Crippen LogP contribution >= 0.6 is 0 Å². The lowest BCUT2D eigenvalue weighted by molar-refractivity contribution is 0.0696. The monoisotopic (exact) mass is 584 g/mol. The Morgan fingerprint density at radius 2 is 1.64 bits per heavy atom. The van der Waals surface area contributed by atoms with Crippen LogP contribution in [-0.4, -0.2) is 44.2 Å². The van der Waals surface area contributed by atoms with Crippen molar-refractivity contribution in [2.75, 3.05) is 23.1 Å². The molecule has 0 spiro atoms. The summed E-state index contributed by atoms with van der Waals surface area (Å²) in [7, 11) is -1.88. The van der Waals surface area contributed by atoms with E-state index in [0.29, 0.717) is 17.0 Å². The molecule has 0 bridgehead atoms. The Hall–Kier alpha value is -5.16. The fraction of sp³-hybridized carbons (Fsp3) is 0.129. The van der Waals surface area contributed by atoms with Gasteiger partial charge in [0.2, 0.25) is 0 Å². The molecule has 4 aromatic rings. The summed E-state index contributed by atoms with van der Waals surface area (Å²) < 4.78 is 35.9. The molecule has 0 aromatic heterocycles. The second-order valence-electron chi connectivity index (χ2n) is 9.72. The summed E-state index contributed by atoms with van der Waals surface area (Å²) in [6.45, 7) is 1.61. The van der Waals surface area contributed by atoms with Gasteiger partial charge >= 0.3 is 5.97 Å². The van der Waals surface area contributed by atoms with Crippen LogP contribution in [0, 0.1) is 0 Å². The van der Waals surface area contributed by atoms with Crippen molar-refractivity contribution < 1.29 is 37.4 Å². The molecule has 4 aromatic carbocycles. The van der Waals surface area contributed by atoms with Crippen molar-refractivity contribution >= 4 is 39.0 Å². The SMILES string of the molecule is CCS(=O)(=O)c1ccc(-c2ccc3c(c2)NC(c2ccc(OC)c(N4C(=O)c5ccc(C(=O)O)cc5C4=O)c2)O3)cc1. The molecular formula is C31H24N2O8S. The number of carboxylic acids is 1. The van der Waals surface area contributed by atoms with E-state index in [1.165, 1.54) is 25.3 Å². The number of anilines is 2. The molecule has 2 aliphatic rings. The number of methoxy groups -OCH3 is 1. The van der Waals surface area contributed by atoms with Crippen molar-refractivity contribution in [3.05, 3.63) is 101 Å². The number of amides is 2. The first kappa shape index (κ1) is 27.0. The van der Waals surface area contributed by atoms with Crippen LogP contribution in [0.4, 0.5) is 11.4 Å². The molecule has 1 unspecified atom stereocenters. The normalized spacial score (nSPS) is 15.6. The van der Waals surface area contributed by atoms with Crippen molar-refractivity contribution in [3.8, 4) is 22.6 Å². The fourth-order valence-electron chi connectivity index (χ4n) is 5.03. The molecule has 0 radical (unpaired) electrons. The minimum Gasteiger partial charge on any atom is -0.495 e. The zero-order valence-corrected chi connectivity index (χ0v) is 23.3. The topological polar surface area (TPSA) is 139 Å². The Morgan fingerprint density at radius 3 is 2.33 bits per heavy atom. The molecule has 2 heterocycles. The standard InChI is InChI=1S/C31H24N2O8S/c1-3-42(38,39)21-9-4-17(5-10-21)18-7-12-26-24(15-18)32-28(41-26)19-8-13-27(40-2)25(16-19)33-29(34)22-11-6-20(31(36)37)14-23(22)30(33)35/h4-16,28,32H,3H2,1-2H3,(H,36,37). The van der Waals surface area contributed by atoms with E-state index in [0.717, 1.165) is 16.0 Å². The number of hydrogen-bond acceptors (Lipinski definition) is 8. The van der Waals surface area contributed by atoms with E-state index < -0.39 is 33.8 Å². The van der Waals surface area contributed by atoms with Crippen LogP contribution in [0.3, 0.4) is 0 Å². The maximum atomic E-state index is 13.3. The van der Waals surface area contributed by atoms with Crippen molar-refractivity contribution in [2.24, 2.45) is 0 Å². The van der Waals surface area contributed by atoms with Crippen molar-refractivity contribution in [3.63, 3.8) is 0 Å². The van der Waals surface area contributed by atoms with E-state index in [9.17, 15) is 27.9 Å². The Morgan fingerprint density at radius 1 is 0.929 bits per heavy atom. The maximum absolute atomic E-state index is 13.3. The van der Waals surface area contributed by atoms with Crippen LogP contribution in [0.5, 0.6) is 11.5 Å². The summed E-state index contributed by atoms with van der Waals surface area (Å²) in [4.78, 5) is 39.2. The summed E-state index contributed by atoms with van der Waals surface area (Å²) in [5, 5.41) is 12.6. The third-order valence-electron chi connectivity index (χ3n) is 7.32. The molecule has 0 fully saturated rings. The molecule has 2 amide bonds. The third kappa shape index (κ3) is 4.44. The Balaban J connectivity index is 1.28. The number of aromatic carboxylic acids is 1. The summed E-state index contributed by atoms with van der Waals surface area (Å²) in [6.07, 6.45) is -0.647. The van der Waals surface area contributed by atoms with Crippen molar-refractivity contribution in [2.45, 2.75) is 18.0 Å². The van der Waals surface area contributed by atoms with E-state index in [-0.39, 0.29) is 38.8 Å². The molecular weight excluding hydrogens is 560 g/mol. The molecule has 42 heavy (non-hydrogen) atoms. The first-order valence-electron chi connectivity index (χ1n) is 13.0. The number of hydrogen-bond donors (Lipinski definition) is 2. The van der Waals surface area contributed by atoms with Gasteiger partial charge in [-0.2, -0.15) is 0 Å². The second-order valence-corrected chi connectivity index (χ2v) is 12.0. The van der Waals surface area contributed by atoms with Gasteiger partial charge in [-0.1, -0.05) is 25.1 Å². The van der Waals surface area contributed by atoms with Gasteiger partial charge < -0.3 is 19.9 Å². The minimum absolute atomic E-state index is 0.00265. The average Bonchev–Trinajstić information content (AvgIpc) is 3.54. The number of sulfone groups is 1. The van der Waals surface area contributed by atoms with Gasteiger partial charge in [0.15, 0.2) is 16.1 Å². The van der Waals surface area contributed by atoms with Gasteiger partial charge in [0, 0.05) is 5.56 Å². The quantitative estimate of drug-likeness (QED) is 0.282. The summed E-state index contributed by atoms with van der Waals surface area (Å²) in [5.41, 5.74) is 3.22. The number of nitrogens with zero attached hydrogens (tertiary/aromatic N) is 1. The van der Waals surface area contributed by atoms with Gasteiger partial charge in [0.05, 0.1) is 45.8 Å². The lowest BCUT2D eigenvalue weighted by Gasteiger charge is -2.20. The smallest absolute Gasteiger partial charge is 0.335 e. The van der Waals surface area contributed by atoms with E-state index in [1.807, 2.05) is 18.2 Å². The molecule has 1 atom stereocenters. The summed E-state index contributed by atoms with van der Waals surface area (Å²) in [5.74, 6) is -1.55. The highest BCUT2D eigenvalue weighted by atomic mass is 32.2. The maximum Gasteiger partial charge on any atom is 0.335 e. The van der Waals surface area contributed by atoms with Gasteiger partial charge in [0.1, 0.15) is 11.5 Å². The molecule has 0 aliphatic carbocycles. The van der Waals surface area contributed by atoms with Crippen LogP contribution in [0.1, 0.15) is 49.8 Å². The van der Waals surface area contributed by atoms with Gasteiger partial charge in [0.25, 0.3) is 11.8 Å². The zero-order chi connectivity index (χ0) is 29.8. The Bertz CT molecular complexity index is 1900. The molecule has 2 N–H and O–H groups in total. The molecule has 10 nitrogen and oxygen atoms in total. The predicted molar refractivity (Wildman–Crippen MR) is 154 cm³/mol. The lowest BCUT2D eigenvalue weighted by Crippen LogP contribution is -2.30. The Kier molecular flexibility index (Phi) is 6.46. The Labute approximate surface area is 241 Å². The van der Waals surface area contributed by atoms with Gasteiger partial charge in [-0.05, 0) is 71.8 Å². The number of carboxylic acid groups (broad SMARTS) is 1. The van der Waals surface area contributed by atoms with E-state index in [2.05, 4.69) is 5.32 Å². The number of benzene rings is 4. The largest absolute Gasteiger partial charge is 0.495 e. The van der Waals surface area contributed by atoms with Crippen LogP contribution < -0.4 is 19.7 Å². The predicted octanol–water partition coefficient (Wildman–Crippen LogP) is 5.16. The molecule has 11 heteroatoms. The minimum atomic E-state index is -3.30. The van der Waals surface area contributed by atoms with Gasteiger partial charge in [-0.25, -0.2) is 18.1 Å². The number of fused-ring (bicyclic) bond motifs is 2.